The Kier molecular flexibility index (Phi) is 5.04. The molecule has 0 radical (unpaired) electrons. The average Bonchev–Trinajstić information content (AvgIpc) is 3.03. The van der Waals surface area contributed by atoms with E-state index in [1.807, 2.05) is 0 Å². The van der Waals surface area contributed by atoms with Crippen LogP contribution in [0.15, 0.2) is 0 Å². The van der Waals surface area contributed by atoms with Crippen LogP contribution in [-0.2, 0) is 10.0 Å². The zero-order valence-electron chi connectivity index (χ0n) is 11.2. The number of hydrogen-bond acceptors (Lipinski definition) is 3. The lowest BCUT2D eigenvalue weighted by atomic mass is 10.2. The average molecular weight is 274 g/mol. The highest BCUT2D eigenvalue weighted by Gasteiger charge is 2.33. The molecule has 2 fully saturated rings. The van der Waals surface area contributed by atoms with Crippen molar-refractivity contribution in [1.29, 1.82) is 0 Å². The summed E-state index contributed by atoms with van der Waals surface area (Å²) in [4.78, 5) is 0. The van der Waals surface area contributed by atoms with Crippen molar-refractivity contribution in [3.8, 4) is 0 Å². The number of nitrogens with zero attached hydrogens (tertiary/aromatic N) is 1. The van der Waals surface area contributed by atoms with E-state index in [-0.39, 0.29) is 6.04 Å². The van der Waals surface area contributed by atoms with E-state index in [9.17, 15) is 8.42 Å². The van der Waals surface area contributed by atoms with Crippen molar-refractivity contribution in [3.63, 3.8) is 0 Å². The van der Waals surface area contributed by atoms with Gasteiger partial charge in [0.05, 0.1) is 5.75 Å². The molecule has 0 aromatic heterocycles. The molecule has 0 saturated heterocycles. The van der Waals surface area contributed by atoms with Crippen molar-refractivity contribution in [2.24, 2.45) is 11.7 Å². The van der Waals surface area contributed by atoms with Crippen molar-refractivity contribution in [1.82, 2.24) is 4.31 Å². The zero-order chi connectivity index (χ0) is 13.0. The van der Waals surface area contributed by atoms with Crippen molar-refractivity contribution < 1.29 is 8.42 Å². The second-order valence-electron chi connectivity index (χ2n) is 5.74. The number of nitrogens with two attached hydrogens (primary N) is 1. The second-order valence-corrected chi connectivity index (χ2v) is 7.78. The van der Waals surface area contributed by atoms with Gasteiger partial charge in [0.1, 0.15) is 0 Å². The predicted molar refractivity (Wildman–Crippen MR) is 73.8 cm³/mol. The largest absolute Gasteiger partial charge is 0.330 e. The first-order valence-electron chi connectivity index (χ1n) is 7.33. The first-order valence-corrected chi connectivity index (χ1v) is 8.94. The van der Waals surface area contributed by atoms with E-state index in [4.69, 9.17) is 5.73 Å². The summed E-state index contributed by atoms with van der Waals surface area (Å²) in [6.45, 7) is 1.19. The molecule has 2 N–H and O–H groups in total. The predicted octanol–water partition coefficient (Wildman–Crippen LogP) is 1.71. The topological polar surface area (TPSA) is 63.4 Å². The zero-order valence-corrected chi connectivity index (χ0v) is 12.0. The van der Waals surface area contributed by atoms with Crippen LogP contribution in [0.1, 0.15) is 51.4 Å². The molecule has 0 spiro atoms. The molecule has 0 amide bonds. The Morgan fingerprint density at radius 2 is 1.78 bits per heavy atom. The smallest absolute Gasteiger partial charge is 0.214 e. The number of hydrogen-bond donors (Lipinski definition) is 1. The van der Waals surface area contributed by atoms with Gasteiger partial charge in [0.2, 0.25) is 10.0 Å². The molecule has 2 aliphatic rings. The molecule has 0 aromatic rings. The maximum atomic E-state index is 12.4. The summed E-state index contributed by atoms with van der Waals surface area (Å²) in [5.41, 5.74) is 5.53. The van der Waals surface area contributed by atoms with E-state index in [0.717, 1.165) is 25.7 Å². The van der Waals surface area contributed by atoms with Crippen molar-refractivity contribution in [3.05, 3.63) is 0 Å². The van der Waals surface area contributed by atoms with Crippen LogP contribution in [0.25, 0.3) is 0 Å². The van der Waals surface area contributed by atoms with Crippen LogP contribution >= 0.6 is 0 Å². The highest BCUT2D eigenvalue weighted by Crippen LogP contribution is 2.34. The summed E-state index contributed by atoms with van der Waals surface area (Å²) >= 11 is 0. The van der Waals surface area contributed by atoms with Gasteiger partial charge in [-0.15, -0.1) is 0 Å². The van der Waals surface area contributed by atoms with Crippen molar-refractivity contribution >= 4 is 10.0 Å². The third-order valence-electron chi connectivity index (χ3n) is 4.15. The molecule has 0 atom stereocenters. The third-order valence-corrected chi connectivity index (χ3v) is 6.10. The van der Waals surface area contributed by atoms with Crippen LogP contribution < -0.4 is 5.73 Å². The Labute approximate surface area is 111 Å². The van der Waals surface area contributed by atoms with E-state index in [1.165, 1.54) is 25.7 Å². The van der Waals surface area contributed by atoms with Gasteiger partial charge in [-0.1, -0.05) is 25.7 Å². The molecule has 4 nitrogen and oxygen atoms in total. The van der Waals surface area contributed by atoms with E-state index in [1.54, 1.807) is 4.31 Å². The summed E-state index contributed by atoms with van der Waals surface area (Å²) in [5.74, 6) is 1.03. The molecule has 106 valence electrons. The molecule has 2 rings (SSSR count). The van der Waals surface area contributed by atoms with E-state index < -0.39 is 10.0 Å². The highest BCUT2D eigenvalue weighted by atomic mass is 32.2. The molecule has 2 saturated carbocycles. The molecule has 0 aromatic carbocycles. The minimum Gasteiger partial charge on any atom is -0.330 e. The highest BCUT2D eigenvalue weighted by molar-refractivity contribution is 7.89. The van der Waals surface area contributed by atoms with E-state index >= 15 is 0 Å². The fourth-order valence-corrected chi connectivity index (χ4v) is 4.77. The molecule has 2 aliphatic carbocycles. The molecule has 0 aliphatic heterocycles. The Hall–Kier alpha value is -0.130. The van der Waals surface area contributed by atoms with Crippen molar-refractivity contribution in [2.45, 2.75) is 57.4 Å². The third kappa shape index (κ3) is 3.93. The standard InChI is InChI=1S/C13H26N2O2S/c14-9-3-10-15(13-4-1-2-5-13)18(16,17)11-8-12-6-7-12/h12-13H,1-11,14H2. The summed E-state index contributed by atoms with van der Waals surface area (Å²) in [6.07, 6.45) is 8.49. The van der Waals surface area contributed by atoms with Gasteiger partial charge < -0.3 is 5.73 Å². The fraction of sp³-hybridized carbons (Fsp3) is 1.00. The van der Waals surface area contributed by atoms with Gasteiger partial charge >= 0.3 is 0 Å². The van der Waals surface area contributed by atoms with Crippen LogP contribution in [0.5, 0.6) is 0 Å². The van der Waals surface area contributed by atoms with Crippen LogP contribution in [0.2, 0.25) is 0 Å². The molecule has 0 heterocycles. The Morgan fingerprint density at radius 3 is 2.33 bits per heavy atom. The lowest BCUT2D eigenvalue weighted by molar-refractivity contribution is 0.319. The SMILES string of the molecule is NCCCN(C1CCCC1)S(=O)(=O)CCC1CC1. The van der Waals surface area contributed by atoms with Gasteiger partial charge in [0.15, 0.2) is 0 Å². The maximum absolute atomic E-state index is 12.4. The Morgan fingerprint density at radius 1 is 1.11 bits per heavy atom. The van der Waals surface area contributed by atoms with Gasteiger partial charge in [-0.05, 0) is 38.1 Å². The second kappa shape index (κ2) is 6.35. The van der Waals surface area contributed by atoms with Crippen LogP contribution in [0.3, 0.4) is 0 Å². The van der Waals surface area contributed by atoms with Crippen LogP contribution in [0.4, 0.5) is 0 Å². The molecule has 0 bridgehead atoms. The van der Waals surface area contributed by atoms with Gasteiger partial charge in [0, 0.05) is 12.6 Å². The van der Waals surface area contributed by atoms with Gasteiger partial charge in [-0.3, -0.25) is 0 Å². The summed E-state index contributed by atoms with van der Waals surface area (Å²) in [5, 5.41) is 0. The minimum atomic E-state index is -3.06. The van der Waals surface area contributed by atoms with E-state index in [2.05, 4.69) is 0 Å². The summed E-state index contributed by atoms with van der Waals surface area (Å²) < 4.78 is 26.7. The fourth-order valence-electron chi connectivity index (χ4n) is 2.83. The molecule has 0 unspecified atom stereocenters. The Balaban J connectivity index is 1.95. The molecule has 5 heteroatoms. The number of rotatable bonds is 8. The lowest BCUT2D eigenvalue weighted by Crippen LogP contribution is -2.41. The van der Waals surface area contributed by atoms with Gasteiger partial charge in [-0.25, -0.2) is 8.42 Å². The number of sulfonamides is 1. The van der Waals surface area contributed by atoms with Crippen LogP contribution in [0, 0.1) is 5.92 Å². The quantitative estimate of drug-likeness (QED) is 0.733. The minimum absolute atomic E-state index is 0.251. The monoisotopic (exact) mass is 274 g/mol. The van der Waals surface area contributed by atoms with Gasteiger partial charge in [-0.2, -0.15) is 4.31 Å². The lowest BCUT2D eigenvalue weighted by Gasteiger charge is -2.28. The van der Waals surface area contributed by atoms with E-state index in [0.29, 0.717) is 24.8 Å². The Bertz CT molecular complexity index is 346. The molecular weight excluding hydrogens is 248 g/mol. The summed E-state index contributed by atoms with van der Waals surface area (Å²) in [7, 11) is -3.06. The first kappa shape index (κ1) is 14.3. The first-order chi connectivity index (χ1) is 8.63. The molecule has 18 heavy (non-hydrogen) atoms. The van der Waals surface area contributed by atoms with Crippen LogP contribution in [-0.4, -0.2) is 37.6 Å². The maximum Gasteiger partial charge on any atom is 0.214 e. The van der Waals surface area contributed by atoms with Gasteiger partial charge in [0.25, 0.3) is 0 Å². The van der Waals surface area contributed by atoms with Crippen molar-refractivity contribution in [2.75, 3.05) is 18.8 Å². The molecular formula is C13H26N2O2S. The normalized spacial score (nSPS) is 21.9. The summed E-state index contributed by atoms with van der Waals surface area (Å²) in [6, 6.07) is 0.251.